The molecule has 7 heteroatoms. The minimum atomic E-state index is -0.876. The molecule has 0 spiro atoms. The zero-order valence-electron chi connectivity index (χ0n) is 13.7. The van der Waals surface area contributed by atoms with Crippen LogP contribution in [0.3, 0.4) is 0 Å². The van der Waals surface area contributed by atoms with E-state index >= 15 is 0 Å². The van der Waals surface area contributed by atoms with Crippen molar-refractivity contribution < 1.29 is 14.3 Å². The van der Waals surface area contributed by atoms with E-state index in [4.69, 9.17) is 16.3 Å². The maximum atomic E-state index is 11.8. The fourth-order valence-corrected chi connectivity index (χ4v) is 2.03. The van der Waals surface area contributed by atoms with Crippen molar-refractivity contribution in [2.45, 2.75) is 13.3 Å². The molecule has 6 nitrogen and oxygen atoms in total. The highest BCUT2D eigenvalue weighted by molar-refractivity contribution is 6.39. The summed E-state index contributed by atoms with van der Waals surface area (Å²) in [5.74, 6) is -0.939. The number of nitrogens with one attached hydrogen (secondary N) is 2. The Balaban J connectivity index is 1.84. The van der Waals surface area contributed by atoms with Crippen LogP contribution in [-0.4, -0.2) is 24.6 Å². The molecule has 0 aliphatic carbocycles. The van der Waals surface area contributed by atoms with Crippen LogP contribution in [0.1, 0.15) is 18.9 Å². The van der Waals surface area contributed by atoms with Gasteiger partial charge in [0.25, 0.3) is 0 Å². The Morgan fingerprint density at radius 3 is 2.60 bits per heavy atom. The van der Waals surface area contributed by atoms with Gasteiger partial charge < -0.3 is 10.1 Å². The molecule has 0 heterocycles. The molecule has 0 aliphatic heterocycles. The lowest BCUT2D eigenvalue weighted by Gasteiger charge is -2.04. The number of rotatable bonds is 6. The lowest BCUT2D eigenvalue weighted by atomic mass is 10.2. The number of nitrogens with zero attached hydrogens (tertiary/aromatic N) is 1. The SMILES string of the molecule is CCCOc1ccc(C=NNC(=O)C(=O)Nc2cccc(Cl)c2)cc1. The Kier molecular flexibility index (Phi) is 6.98. The topological polar surface area (TPSA) is 79.8 Å². The van der Waals surface area contributed by atoms with Gasteiger partial charge in [-0.05, 0) is 54.4 Å². The van der Waals surface area contributed by atoms with E-state index in [0.29, 0.717) is 17.3 Å². The van der Waals surface area contributed by atoms with Crippen LogP contribution in [0.4, 0.5) is 5.69 Å². The average Bonchev–Trinajstić information content (AvgIpc) is 2.61. The zero-order valence-corrected chi connectivity index (χ0v) is 14.4. The number of hydrogen-bond acceptors (Lipinski definition) is 4. The van der Waals surface area contributed by atoms with Crippen LogP contribution in [-0.2, 0) is 9.59 Å². The number of amides is 2. The molecule has 0 bridgehead atoms. The highest BCUT2D eigenvalue weighted by atomic mass is 35.5. The van der Waals surface area contributed by atoms with E-state index in [0.717, 1.165) is 17.7 Å². The molecule has 2 aromatic carbocycles. The first-order valence-corrected chi connectivity index (χ1v) is 8.09. The number of hydrazone groups is 1. The number of hydrogen-bond donors (Lipinski definition) is 2. The van der Waals surface area contributed by atoms with E-state index in [1.54, 1.807) is 30.3 Å². The van der Waals surface area contributed by atoms with Crippen LogP contribution in [0.15, 0.2) is 53.6 Å². The lowest BCUT2D eigenvalue weighted by Crippen LogP contribution is -2.32. The molecule has 0 atom stereocenters. The van der Waals surface area contributed by atoms with Crippen molar-refractivity contribution >= 4 is 35.3 Å². The van der Waals surface area contributed by atoms with Crippen LogP contribution < -0.4 is 15.5 Å². The van der Waals surface area contributed by atoms with Crippen molar-refractivity contribution in [2.75, 3.05) is 11.9 Å². The van der Waals surface area contributed by atoms with Crippen molar-refractivity contribution in [1.29, 1.82) is 0 Å². The van der Waals surface area contributed by atoms with Crippen molar-refractivity contribution in [3.8, 4) is 5.75 Å². The zero-order chi connectivity index (χ0) is 18.1. The highest BCUT2D eigenvalue weighted by Crippen LogP contribution is 2.14. The normalized spacial score (nSPS) is 10.5. The largest absolute Gasteiger partial charge is 0.494 e. The molecule has 0 saturated heterocycles. The van der Waals surface area contributed by atoms with Gasteiger partial charge in [0.2, 0.25) is 0 Å². The number of carbonyl (C=O) groups excluding carboxylic acids is 2. The summed E-state index contributed by atoms with van der Waals surface area (Å²) in [7, 11) is 0. The smallest absolute Gasteiger partial charge is 0.329 e. The van der Waals surface area contributed by atoms with Crippen molar-refractivity contribution in [1.82, 2.24) is 5.43 Å². The first kappa shape index (κ1) is 18.5. The third kappa shape index (κ3) is 6.27. The Morgan fingerprint density at radius 1 is 1.16 bits per heavy atom. The first-order valence-electron chi connectivity index (χ1n) is 7.71. The van der Waals surface area contributed by atoms with Gasteiger partial charge >= 0.3 is 11.8 Å². The van der Waals surface area contributed by atoms with Gasteiger partial charge in [0, 0.05) is 10.7 Å². The molecule has 2 aromatic rings. The van der Waals surface area contributed by atoms with Gasteiger partial charge in [-0.3, -0.25) is 9.59 Å². The van der Waals surface area contributed by atoms with Gasteiger partial charge in [-0.25, -0.2) is 5.43 Å². The van der Waals surface area contributed by atoms with Gasteiger partial charge in [0.05, 0.1) is 12.8 Å². The van der Waals surface area contributed by atoms with Crippen molar-refractivity contribution in [3.63, 3.8) is 0 Å². The summed E-state index contributed by atoms with van der Waals surface area (Å²) in [6.45, 7) is 2.69. The van der Waals surface area contributed by atoms with E-state index in [-0.39, 0.29) is 0 Å². The molecule has 2 N–H and O–H groups in total. The van der Waals surface area contributed by atoms with Gasteiger partial charge in [-0.2, -0.15) is 5.10 Å². The van der Waals surface area contributed by atoms with E-state index in [2.05, 4.69) is 15.8 Å². The molecule has 25 heavy (non-hydrogen) atoms. The molecular weight excluding hydrogens is 342 g/mol. The second kappa shape index (κ2) is 9.44. The lowest BCUT2D eigenvalue weighted by molar-refractivity contribution is -0.136. The molecule has 0 unspecified atom stereocenters. The molecule has 0 aromatic heterocycles. The van der Waals surface area contributed by atoms with Crippen LogP contribution >= 0.6 is 11.6 Å². The Labute approximate surface area is 150 Å². The second-order valence-electron chi connectivity index (χ2n) is 5.08. The summed E-state index contributed by atoms with van der Waals surface area (Å²) in [5, 5.41) is 6.65. The Bertz CT molecular complexity index is 760. The molecule has 0 aliphatic rings. The minimum Gasteiger partial charge on any atom is -0.494 e. The van der Waals surface area contributed by atoms with Crippen LogP contribution in [0, 0.1) is 0 Å². The van der Waals surface area contributed by atoms with E-state index < -0.39 is 11.8 Å². The number of anilines is 1. The first-order chi connectivity index (χ1) is 12.1. The Morgan fingerprint density at radius 2 is 1.92 bits per heavy atom. The standard InChI is InChI=1S/C18H18ClN3O3/c1-2-10-25-16-8-6-13(7-9-16)12-20-22-18(24)17(23)21-15-5-3-4-14(19)11-15/h3-9,11-12H,2,10H2,1H3,(H,21,23)(H,22,24). The van der Waals surface area contributed by atoms with Gasteiger partial charge in [-0.15, -0.1) is 0 Å². The molecular formula is C18H18ClN3O3. The fraction of sp³-hybridized carbons (Fsp3) is 0.167. The third-order valence-corrected chi connectivity index (χ3v) is 3.26. The van der Waals surface area contributed by atoms with E-state index in [9.17, 15) is 9.59 Å². The molecule has 0 fully saturated rings. The molecule has 2 rings (SSSR count). The van der Waals surface area contributed by atoms with E-state index in [1.165, 1.54) is 12.3 Å². The predicted molar refractivity (Wildman–Crippen MR) is 98.0 cm³/mol. The minimum absolute atomic E-state index is 0.430. The number of carbonyl (C=O) groups is 2. The molecule has 2 amide bonds. The summed E-state index contributed by atoms with van der Waals surface area (Å²) < 4.78 is 5.47. The van der Waals surface area contributed by atoms with Gasteiger partial charge in [-0.1, -0.05) is 24.6 Å². The summed E-state index contributed by atoms with van der Waals surface area (Å²) in [5.41, 5.74) is 3.36. The predicted octanol–water partition coefficient (Wildman–Crippen LogP) is 3.22. The molecule has 130 valence electrons. The summed E-state index contributed by atoms with van der Waals surface area (Å²) in [6.07, 6.45) is 2.38. The van der Waals surface area contributed by atoms with Crippen molar-refractivity contribution in [2.24, 2.45) is 5.10 Å². The molecule has 0 saturated carbocycles. The monoisotopic (exact) mass is 359 g/mol. The quantitative estimate of drug-likeness (QED) is 0.472. The number of benzene rings is 2. The van der Waals surface area contributed by atoms with E-state index in [1.807, 2.05) is 19.1 Å². The average molecular weight is 360 g/mol. The third-order valence-electron chi connectivity index (χ3n) is 3.02. The Hall–Kier alpha value is -2.86. The highest BCUT2D eigenvalue weighted by Gasteiger charge is 2.12. The van der Waals surface area contributed by atoms with Crippen LogP contribution in [0.5, 0.6) is 5.75 Å². The maximum absolute atomic E-state index is 11.8. The fourth-order valence-electron chi connectivity index (χ4n) is 1.84. The summed E-state index contributed by atoms with van der Waals surface area (Å²) in [6, 6.07) is 13.7. The van der Waals surface area contributed by atoms with Crippen LogP contribution in [0.2, 0.25) is 5.02 Å². The second-order valence-corrected chi connectivity index (χ2v) is 5.52. The summed E-state index contributed by atoms with van der Waals surface area (Å²) in [4.78, 5) is 23.5. The summed E-state index contributed by atoms with van der Waals surface area (Å²) >= 11 is 5.81. The maximum Gasteiger partial charge on any atom is 0.329 e. The van der Waals surface area contributed by atoms with Gasteiger partial charge in [0.15, 0.2) is 0 Å². The molecule has 0 radical (unpaired) electrons. The number of halogens is 1. The van der Waals surface area contributed by atoms with Crippen molar-refractivity contribution in [3.05, 3.63) is 59.1 Å². The van der Waals surface area contributed by atoms with Gasteiger partial charge in [0.1, 0.15) is 5.75 Å². The van der Waals surface area contributed by atoms with Crippen LogP contribution in [0.25, 0.3) is 0 Å². The number of ether oxygens (including phenoxy) is 1.